The molecule has 0 aromatic heterocycles. The molecule has 1 heterocycles. The number of hydrogen-bond acceptors (Lipinski definition) is 4. The summed E-state index contributed by atoms with van der Waals surface area (Å²) >= 11 is 0. The maximum atomic E-state index is 12.6. The Labute approximate surface area is 152 Å². The van der Waals surface area contributed by atoms with Crippen molar-refractivity contribution in [2.24, 2.45) is 0 Å². The molecule has 0 saturated carbocycles. The lowest BCUT2D eigenvalue weighted by Gasteiger charge is -2.30. The molecule has 0 unspecified atom stereocenters. The first-order chi connectivity index (χ1) is 11.6. The second-order valence-corrected chi connectivity index (χ2v) is 5.92. The Balaban J connectivity index is 0.00000225. The van der Waals surface area contributed by atoms with E-state index in [4.69, 9.17) is 5.73 Å². The molecule has 0 saturated heterocycles. The van der Waals surface area contributed by atoms with Gasteiger partial charge in [-0.3, -0.25) is 14.9 Å². The summed E-state index contributed by atoms with van der Waals surface area (Å²) in [4.78, 5) is 24.8. The summed E-state index contributed by atoms with van der Waals surface area (Å²) < 4.78 is 0. The van der Waals surface area contributed by atoms with Crippen LogP contribution < -0.4 is 10.6 Å². The SMILES string of the molecule is Cl.Nc1cccc2c1CCCN2C(=O)CCc1cccc([N+](=O)[O-])c1. The third-order valence-electron chi connectivity index (χ3n) is 4.34. The van der Waals surface area contributed by atoms with Crippen molar-refractivity contribution in [1.82, 2.24) is 0 Å². The molecule has 25 heavy (non-hydrogen) atoms. The number of nitrogen functional groups attached to an aromatic ring is 1. The van der Waals surface area contributed by atoms with Crippen LogP contribution in [0.5, 0.6) is 0 Å². The molecule has 1 amide bonds. The van der Waals surface area contributed by atoms with Gasteiger partial charge in [0.05, 0.1) is 4.92 Å². The molecule has 2 aromatic carbocycles. The minimum absolute atomic E-state index is 0. The number of non-ortho nitro benzene ring substituents is 1. The molecule has 6 nitrogen and oxygen atoms in total. The Morgan fingerprint density at radius 3 is 2.76 bits per heavy atom. The zero-order valence-corrected chi connectivity index (χ0v) is 14.5. The summed E-state index contributed by atoms with van der Waals surface area (Å²) in [7, 11) is 0. The van der Waals surface area contributed by atoms with Crippen molar-refractivity contribution in [1.29, 1.82) is 0 Å². The van der Waals surface area contributed by atoms with Gasteiger partial charge in [-0.1, -0.05) is 18.2 Å². The smallest absolute Gasteiger partial charge is 0.269 e. The lowest BCUT2D eigenvalue weighted by atomic mass is 9.99. The Hall–Kier alpha value is -2.60. The first-order valence-electron chi connectivity index (χ1n) is 7.97. The van der Waals surface area contributed by atoms with E-state index in [1.807, 2.05) is 24.3 Å². The average Bonchev–Trinajstić information content (AvgIpc) is 2.60. The van der Waals surface area contributed by atoms with Crippen molar-refractivity contribution >= 4 is 35.4 Å². The fourth-order valence-electron chi connectivity index (χ4n) is 3.12. The lowest BCUT2D eigenvalue weighted by molar-refractivity contribution is -0.384. The predicted octanol–water partition coefficient (Wildman–Crippen LogP) is 3.51. The Bertz CT molecular complexity index is 795. The third kappa shape index (κ3) is 4.09. The standard InChI is InChI=1S/C18H19N3O3.ClH/c19-16-7-2-8-17-15(16)6-3-11-20(17)18(22)10-9-13-4-1-5-14(12-13)21(23)24;/h1-2,4-5,7-8,12H,3,6,9-11,19H2;1H. The largest absolute Gasteiger partial charge is 0.398 e. The Morgan fingerprint density at radius 1 is 1.24 bits per heavy atom. The van der Waals surface area contributed by atoms with Gasteiger partial charge in [-0.2, -0.15) is 0 Å². The molecule has 0 fully saturated rings. The summed E-state index contributed by atoms with van der Waals surface area (Å²) in [6, 6.07) is 12.1. The van der Waals surface area contributed by atoms with Crippen LogP contribution in [0.4, 0.5) is 17.1 Å². The number of amides is 1. The van der Waals surface area contributed by atoms with E-state index in [-0.39, 0.29) is 24.0 Å². The second-order valence-electron chi connectivity index (χ2n) is 5.92. The fraction of sp³-hybridized carbons (Fsp3) is 0.278. The number of nitrogens with two attached hydrogens (primary N) is 1. The van der Waals surface area contributed by atoms with Gasteiger partial charge in [-0.15, -0.1) is 12.4 Å². The van der Waals surface area contributed by atoms with Gasteiger partial charge in [0, 0.05) is 36.5 Å². The Morgan fingerprint density at radius 2 is 2.00 bits per heavy atom. The van der Waals surface area contributed by atoms with Gasteiger partial charge in [0.15, 0.2) is 0 Å². The fourth-order valence-corrected chi connectivity index (χ4v) is 3.12. The molecule has 7 heteroatoms. The topological polar surface area (TPSA) is 89.5 Å². The van der Waals surface area contributed by atoms with Crippen molar-refractivity contribution < 1.29 is 9.72 Å². The molecule has 132 valence electrons. The number of carbonyl (C=O) groups excluding carboxylic acids is 1. The van der Waals surface area contributed by atoms with Crippen molar-refractivity contribution in [3.8, 4) is 0 Å². The van der Waals surface area contributed by atoms with Crippen molar-refractivity contribution in [2.75, 3.05) is 17.2 Å². The zero-order chi connectivity index (χ0) is 17.1. The van der Waals surface area contributed by atoms with E-state index >= 15 is 0 Å². The van der Waals surface area contributed by atoms with E-state index in [9.17, 15) is 14.9 Å². The molecule has 0 bridgehead atoms. The monoisotopic (exact) mass is 361 g/mol. The highest BCUT2D eigenvalue weighted by atomic mass is 35.5. The number of rotatable bonds is 4. The van der Waals surface area contributed by atoms with Crippen LogP contribution >= 0.6 is 12.4 Å². The number of nitrogens with zero attached hydrogens (tertiary/aromatic N) is 2. The van der Waals surface area contributed by atoms with Gasteiger partial charge >= 0.3 is 0 Å². The van der Waals surface area contributed by atoms with Gasteiger partial charge in [-0.25, -0.2) is 0 Å². The number of nitro benzene ring substituents is 1. The van der Waals surface area contributed by atoms with Gasteiger partial charge in [0.2, 0.25) is 5.91 Å². The van der Waals surface area contributed by atoms with Crippen LogP contribution in [-0.2, 0) is 17.6 Å². The molecule has 2 aromatic rings. The number of halogens is 1. The van der Waals surface area contributed by atoms with Gasteiger partial charge in [0.25, 0.3) is 5.69 Å². The van der Waals surface area contributed by atoms with Crippen LogP contribution in [0.1, 0.15) is 24.0 Å². The maximum absolute atomic E-state index is 12.6. The number of hydrogen-bond donors (Lipinski definition) is 1. The minimum Gasteiger partial charge on any atom is -0.398 e. The molecule has 2 N–H and O–H groups in total. The van der Waals surface area contributed by atoms with Crippen LogP contribution in [0.2, 0.25) is 0 Å². The van der Waals surface area contributed by atoms with Crippen molar-refractivity contribution in [3.63, 3.8) is 0 Å². The number of carbonyl (C=O) groups is 1. The van der Waals surface area contributed by atoms with Gasteiger partial charge in [0.1, 0.15) is 0 Å². The van der Waals surface area contributed by atoms with E-state index in [2.05, 4.69) is 0 Å². The van der Waals surface area contributed by atoms with E-state index in [0.717, 1.165) is 35.3 Å². The summed E-state index contributed by atoms with van der Waals surface area (Å²) in [6.07, 6.45) is 2.57. The van der Waals surface area contributed by atoms with Gasteiger partial charge < -0.3 is 10.6 Å². The second kappa shape index (κ2) is 7.98. The summed E-state index contributed by atoms with van der Waals surface area (Å²) in [5, 5.41) is 10.8. The number of anilines is 2. The molecule has 1 aliphatic rings. The molecule has 1 aliphatic heterocycles. The third-order valence-corrected chi connectivity index (χ3v) is 4.34. The normalized spacial score (nSPS) is 12.9. The molecule has 0 atom stereocenters. The number of benzene rings is 2. The van der Waals surface area contributed by atoms with Crippen LogP contribution in [0, 0.1) is 10.1 Å². The van der Waals surface area contributed by atoms with E-state index in [1.54, 1.807) is 11.0 Å². The molecule has 3 rings (SSSR count). The molecular weight excluding hydrogens is 342 g/mol. The summed E-state index contributed by atoms with van der Waals surface area (Å²) in [5.41, 5.74) is 9.51. The molecule has 0 aliphatic carbocycles. The van der Waals surface area contributed by atoms with Crippen molar-refractivity contribution in [2.45, 2.75) is 25.7 Å². The first kappa shape index (κ1) is 18.7. The maximum Gasteiger partial charge on any atom is 0.269 e. The van der Waals surface area contributed by atoms with Crippen molar-refractivity contribution in [3.05, 3.63) is 63.7 Å². The quantitative estimate of drug-likeness (QED) is 0.512. The highest BCUT2D eigenvalue weighted by molar-refractivity contribution is 5.95. The van der Waals surface area contributed by atoms with Crippen LogP contribution in [0.25, 0.3) is 0 Å². The molecule has 0 radical (unpaired) electrons. The Kier molecular flexibility index (Phi) is 5.98. The molecular formula is C18H20ClN3O3. The van der Waals surface area contributed by atoms with E-state index in [0.29, 0.717) is 19.4 Å². The van der Waals surface area contributed by atoms with Gasteiger partial charge in [-0.05, 0) is 42.5 Å². The predicted molar refractivity (Wildman–Crippen MR) is 100 cm³/mol. The average molecular weight is 362 g/mol. The number of aryl methyl sites for hydroxylation is 1. The highest BCUT2D eigenvalue weighted by Gasteiger charge is 2.23. The lowest BCUT2D eigenvalue weighted by Crippen LogP contribution is -2.35. The van der Waals surface area contributed by atoms with Crippen LogP contribution in [-0.4, -0.2) is 17.4 Å². The highest BCUT2D eigenvalue weighted by Crippen LogP contribution is 2.31. The van der Waals surface area contributed by atoms with Crippen LogP contribution in [0.3, 0.4) is 0 Å². The summed E-state index contributed by atoms with van der Waals surface area (Å²) in [5.74, 6) is 0.0213. The first-order valence-corrected chi connectivity index (χ1v) is 7.97. The molecule has 0 spiro atoms. The number of fused-ring (bicyclic) bond motifs is 1. The zero-order valence-electron chi connectivity index (χ0n) is 13.7. The summed E-state index contributed by atoms with van der Waals surface area (Å²) in [6.45, 7) is 0.685. The van der Waals surface area contributed by atoms with Crippen LogP contribution in [0.15, 0.2) is 42.5 Å². The number of nitro groups is 1. The van der Waals surface area contributed by atoms with E-state index < -0.39 is 4.92 Å². The minimum atomic E-state index is -0.422. The van der Waals surface area contributed by atoms with E-state index in [1.165, 1.54) is 12.1 Å².